The number of nitrogens with zero attached hydrogens (tertiary/aromatic N) is 3. The second-order valence-corrected chi connectivity index (χ2v) is 7.88. The second kappa shape index (κ2) is 7.74. The number of aromatic nitrogens is 2. The van der Waals surface area contributed by atoms with Gasteiger partial charge in [0.25, 0.3) is 0 Å². The maximum Gasteiger partial charge on any atom is 0.433 e. The molecule has 0 aromatic carbocycles. The Hall–Kier alpha value is -1.95. The molecule has 26 heavy (non-hydrogen) atoms. The molecule has 0 bridgehead atoms. The third-order valence-corrected chi connectivity index (χ3v) is 4.79. The normalized spacial score (nSPS) is 18.2. The number of halogens is 3. The number of hydrogen-bond donors (Lipinski definition) is 2. The highest BCUT2D eigenvalue weighted by Gasteiger charge is 2.33. The van der Waals surface area contributed by atoms with Gasteiger partial charge in [0.1, 0.15) is 11.5 Å². The Bertz CT molecular complexity index is 770. The van der Waals surface area contributed by atoms with Gasteiger partial charge in [-0.15, -0.1) is 0 Å². The predicted octanol–water partition coefficient (Wildman–Crippen LogP) is 0.666. The third kappa shape index (κ3) is 6.09. The maximum absolute atomic E-state index is 12.7. The predicted molar refractivity (Wildman–Crippen MR) is 86.5 cm³/mol. The van der Waals surface area contributed by atoms with E-state index in [9.17, 15) is 26.4 Å². The van der Waals surface area contributed by atoms with Crippen molar-refractivity contribution < 1.29 is 26.4 Å². The molecule has 8 nitrogen and oxygen atoms in total. The first-order valence-electron chi connectivity index (χ1n) is 7.89. The molecule has 2 amide bonds. The molecule has 0 unspecified atom stereocenters. The second-order valence-electron chi connectivity index (χ2n) is 6.22. The fourth-order valence-electron chi connectivity index (χ4n) is 2.76. The Morgan fingerprint density at radius 3 is 2.73 bits per heavy atom. The van der Waals surface area contributed by atoms with Crippen LogP contribution >= 0.6 is 0 Å². The molecule has 1 fully saturated rings. The summed E-state index contributed by atoms with van der Waals surface area (Å²) in [5.74, 6) is -0.412. The number of carbonyl (C=O) groups is 1. The Morgan fingerprint density at radius 1 is 1.42 bits per heavy atom. The first-order valence-corrected chi connectivity index (χ1v) is 9.60. The molecular formula is C14H20F3N5O3S. The minimum Gasteiger partial charge on any atom is -0.338 e. The summed E-state index contributed by atoms with van der Waals surface area (Å²) in [6.07, 6.45) is -3.98. The van der Waals surface area contributed by atoms with Crippen molar-refractivity contribution in [3.05, 3.63) is 23.3 Å². The van der Waals surface area contributed by atoms with Crippen LogP contribution in [0.15, 0.2) is 6.07 Å². The zero-order valence-electron chi connectivity index (χ0n) is 14.1. The lowest BCUT2D eigenvalue weighted by Crippen LogP contribution is -2.40. The number of rotatable bonds is 5. The summed E-state index contributed by atoms with van der Waals surface area (Å²) >= 11 is 0. The molecule has 1 atom stereocenters. The SMILES string of the molecule is Cc1cc(C(F)(F)F)nc(CCNC(=O)N2CC[C@H](CS(N)(=O)=O)C2)n1. The van der Waals surface area contributed by atoms with E-state index in [0.29, 0.717) is 13.0 Å². The van der Waals surface area contributed by atoms with E-state index < -0.39 is 27.9 Å². The van der Waals surface area contributed by atoms with Gasteiger partial charge in [-0.05, 0) is 25.3 Å². The Labute approximate surface area is 149 Å². The van der Waals surface area contributed by atoms with Gasteiger partial charge < -0.3 is 10.2 Å². The molecule has 0 saturated carbocycles. The van der Waals surface area contributed by atoms with Crippen LogP contribution in [0.4, 0.5) is 18.0 Å². The summed E-state index contributed by atoms with van der Waals surface area (Å²) in [5, 5.41) is 7.57. The number of nitrogens with two attached hydrogens (primary N) is 1. The van der Waals surface area contributed by atoms with Crippen LogP contribution in [-0.2, 0) is 22.6 Å². The van der Waals surface area contributed by atoms with Gasteiger partial charge >= 0.3 is 12.2 Å². The molecule has 146 valence electrons. The van der Waals surface area contributed by atoms with E-state index >= 15 is 0 Å². The van der Waals surface area contributed by atoms with Gasteiger partial charge in [0.2, 0.25) is 10.0 Å². The van der Waals surface area contributed by atoms with Crippen molar-refractivity contribution in [2.45, 2.75) is 25.9 Å². The largest absolute Gasteiger partial charge is 0.433 e. The quantitative estimate of drug-likeness (QED) is 0.760. The highest BCUT2D eigenvalue weighted by molar-refractivity contribution is 7.89. The number of urea groups is 1. The van der Waals surface area contributed by atoms with Crippen LogP contribution in [0.2, 0.25) is 0 Å². The first kappa shape index (κ1) is 20.4. The van der Waals surface area contributed by atoms with E-state index in [2.05, 4.69) is 15.3 Å². The number of nitrogens with one attached hydrogen (secondary N) is 1. The molecule has 0 spiro atoms. The standard InChI is InChI=1S/C14H20F3N5O3S/c1-9-6-11(14(15,16)17)21-12(20-9)2-4-19-13(23)22-5-3-10(7-22)8-26(18,24)25/h6,10H,2-5,7-8H2,1H3,(H,19,23)(H2,18,24,25)/t10-/m0/s1. The first-order chi connectivity index (χ1) is 11.9. The smallest absolute Gasteiger partial charge is 0.338 e. The number of alkyl halides is 3. The van der Waals surface area contributed by atoms with Crippen molar-refractivity contribution in [1.82, 2.24) is 20.2 Å². The van der Waals surface area contributed by atoms with E-state index in [4.69, 9.17) is 5.14 Å². The Balaban J connectivity index is 1.85. The summed E-state index contributed by atoms with van der Waals surface area (Å²) in [6, 6.07) is 0.448. The van der Waals surface area contributed by atoms with Crippen molar-refractivity contribution in [2.75, 3.05) is 25.4 Å². The molecule has 1 aliphatic rings. The van der Waals surface area contributed by atoms with Crippen LogP contribution in [0.5, 0.6) is 0 Å². The molecule has 1 aliphatic heterocycles. The van der Waals surface area contributed by atoms with Crippen molar-refractivity contribution in [3.8, 4) is 0 Å². The molecule has 1 aromatic heterocycles. The molecule has 1 saturated heterocycles. The fourth-order valence-corrected chi connectivity index (χ4v) is 3.69. The number of likely N-dealkylation sites (tertiary alicyclic amines) is 1. The van der Waals surface area contributed by atoms with Crippen molar-refractivity contribution in [2.24, 2.45) is 11.1 Å². The third-order valence-electron chi connectivity index (χ3n) is 3.86. The Kier molecular flexibility index (Phi) is 6.06. The van der Waals surface area contributed by atoms with Gasteiger partial charge in [-0.2, -0.15) is 13.2 Å². The van der Waals surface area contributed by atoms with Crippen molar-refractivity contribution in [1.29, 1.82) is 0 Å². The van der Waals surface area contributed by atoms with Gasteiger partial charge in [0.05, 0.1) is 5.75 Å². The minimum atomic E-state index is -4.56. The van der Waals surface area contributed by atoms with Crippen LogP contribution < -0.4 is 10.5 Å². The van der Waals surface area contributed by atoms with Crippen LogP contribution in [0.1, 0.15) is 23.6 Å². The van der Waals surface area contributed by atoms with Gasteiger partial charge in [0.15, 0.2) is 0 Å². The number of carbonyl (C=O) groups excluding carboxylic acids is 1. The average Bonchev–Trinajstić information content (AvgIpc) is 2.92. The zero-order chi connectivity index (χ0) is 19.5. The van der Waals surface area contributed by atoms with E-state index in [1.54, 1.807) is 0 Å². The summed E-state index contributed by atoms with van der Waals surface area (Å²) < 4.78 is 60.4. The molecule has 2 heterocycles. The molecule has 2 rings (SSSR count). The van der Waals surface area contributed by atoms with Crippen molar-refractivity contribution >= 4 is 16.1 Å². The molecule has 1 aromatic rings. The number of primary sulfonamides is 1. The van der Waals surface area contributed by atoms with Gasteiger partial charge in [0, 0.05) is 31.7 Å². The minimum absolute atomic E-state index is 0.00820. The topological polar surface area (TPSA) is 118 Å². The summed E-state index contributed by atoms with van der Waals surface area (Å²) in [6.45, 7) is 2.16. The highest BCUT2D eigenvalue weighted by Crippen LogP contribution is 2.27. The van der Waals surface area contributed by atoms with Crippen molar-refractivity contribution in [3.63, 3.8) is 0 Å². The number of amides is 2. The Morgan fingerprint density at radius 2 is 2.12 bits per heavy atom. The summed E-state index contributed by atoms with van der Waals surface area (Å²) in [5.41, 5.74) is -0.823. The summed E-state index contributed by atoms with van der Waals surface area (Å²) in [4.78, 5) is 20.9. The average molecular weight is 395 g/mol. The van der Waals surface area contributed by atoms with Crippen LogP contribution in [0.25, 0.3) is 0 Å². The van der Waals surface area contributed by atoms with Crippen LogP contribution in [0.3, 0.4) is 0 Å². The van der Waals surface area contributed by atoms with Crippen LogP contribution in [-0.4, -0.2) is 54.7 Å². The molecular weight excluding hydrogens is 375 g/mol. The molecule has 0 aliphatic carbocycles. The van der Waals surface area contributed by atoms with E-state index in [1.165, 1.54) is 11.8 Å². The van der Waals surface area contributed by atoms with Gasteiger partial charge in [-0.1, -0.05) is 0 Å². The molecule has 3 N–H and O–H groups in total. The molecule has 0 radical (unpaired) electrons. The lowest BCUT2D eigenvalue weighted by Gasteiger charge is -2.17. The number of hydrogen-bond acceptors (Lipinski definition) is 5. The summed E-state index contributed by atoms with van der Waals surface area (Å²) in [7, 11) is -3.60. The van der Waals surface area contributed by atoms with Gasteiger partial charge in [-0.3, -0.25) is 0 Å². The van der Waals surface area contributed by atoms with E-state index in [0.717, 1.165) is 6.07 Å². The lowest BCUT2D eigenvalue weighted by atomic mass is 10.2. The van der Waals surface area contributed by atoms with Gasteiger partial charge in [-0.25, -0.2) is 28.3 Å². The fraction of sp³-hybridized carbons (Fsp3) is 0.643. The highest BCUT2D eigenvalue weighted by atomic mass is 32.2. The van der Waals surface area contributed by atoms with E-state index in [1.807, 2.05) is 0 Å². The lowest BCUT2D eigenvalue weighted by molar-refractivity contribution is -0.141. The molecule has 12 heteroatoms. The monoisotopic (exact) mass is 395 g/mol. The number of aryl methyl sites for hydroxylation is 1. The maximum atomic E-state index is 12.7. The van der Waals surface area contributed by atoms with Crippen LogP contribution in [0, 0.1) is 12.8 Å². The zero-order valence-corrected chi connectivity index (χ0v) is 14.9. The van der Waals surface area contributed by atoms with E-state index in [-0.39, 0.29) is 42.7 Å². The number of sulfonamides is 1.